The number of hydrogen-bond acceptors (Lipinski definition) is 6. The van der Waals surface area contributed by atoms with Crippen molar-refractivity contribution in [3.05, 3.63) is 152 Å². The minimum Gasteiger partial charge on any atom is -0.455 e. The first-order chi connectivity index (χ1) is 25.2. The van der Waals surface area contributed by atoms with E-state index in [0.29, 0.717) is 17.5 Å². The molecule has 4 heterocycles. The van der Waals surface area contributed by atoms with Crippen LogP contribution in [0.4, 0.5) is 0 Å². The number of hydrogen-bond donors (Lipinski definition) is 0. The Hall–Kier alpha value is -6.21. The highest BCUT2D eigenvalue weighted by Crippen LogP contribution is 2.42. The summed E-state index contributed by atoms with van der Waals surface area (Å²) < 4.78 is 11.3. The van der Waals surface area contributed by atoms with Crippen molar-refractivity contribution in [1.29, 1.82) is 0 Å². The first-order valence-corrected chi connectivity index (χ1v) is 18.5. The molecule has 4 nitrogen and oxygen atoms in total. The van der Waals surface area contributed by atoms with Crippen LogP contribution in [-0.2, 0) is 0 Å². The highest BCUT2D eigenvalue weighted by molar-refractivity contribution is 7.26. The number of thiophene rings is 2. The molecule has 0 saturated heterocycles. The fourth-order valence-corrected chi connectivity index (χ4v) is 9.66. The molecular weight excluding hydrogens is 663 g/mol. The average molecular weight is 688 g/mol. The molecule has 4 aromatic heterocycles. The Morgan fingerprint density at radius 3 is 1.94 bits per heavy atom. The Balaban J connectivity index is 1.07. The standard InChI is InChI=1S/C45H25N3OS2/c1-2-10-26(11-3-1)43-46-44(48-45(47-43)35-17-9-16-34-31-13-5-7-19-38(31)51-42(34)35)28-21-23-39-36(24-28)32-22-20-27(25-40(32)50-39)29-14-8-15-33-30-12-4-6-18-37(30)49-41(29)33/h1-25H. The monoisotopic (exact) mass is 687 g/mol. The number of fused-ring (bicyclic) bond motifs is 9. The number of rotatable bonds is 4. The van der Waals surface area contributed by atoms with Crippen LogP contribution in [0.5, 0.6) is 0 Å². The van der Waals surface area contributed by atoms with Crippen molar-refractivity contribution in [2.75, 3.05) is 0 Å². The van der Waals surface area contributed by atoms with E-state index in [1.54, 1.807) is 22.7 Å². The fourth-order valence-electron chi connectivity index (χ4n) is 7.32. The van der Waals surface area contributed by atoms with Crippen molar-refractivity contribution < 1.29 is 4.42 Å². The smallest absolute Gasteiger partial charge is 0.165 e. The Bertz CT molecular complexity index is 3160. The van der Waals surface area contributed by atoms with Crippen molar-refractivity contribution >= 4 is 85.0 Å². The minimum atomic E-state index is 0.659. The maximum atomic E-state index is 6.38. The van der Waals surface area contributed by atoms with E-state index >= 15 is 0 Å². The van der Waals surface area contributed by atoms with Crippen LogP contribution in [-0.4, -0.2) is 15.0 Å². The van der Waals surface area contributed by atoms with Crippen LogP contribution in [0.1, 0.15) is 0 Å². The lowest BCUT2D eigenvalue weighted by molar-refractivity contribution is 0.670. The number of para-hydroxylation sites is 2. The SMILES string of the molecule is c1ccc(-c2nc(-c3ccc4sc5cc(-c6cccc7c6oc6ccccc67)ccc5c4c3)nc(-c3cccc4c3sc3ccccc34)n2)cc1. The minimum absolute atomic E-state index is 0.659. The molecule has 0 saturated carbocycles. The van der Waals surface area contributed by atoms with Crippen molar-refractivity contribution in [2.24, 2.45) is 0 Å². The third kappa shape index (κ3) is 4.54. The van der Waals surface area contributed by atoms with Gasteiger partial charge in [0, 0.05) is 73.4 Å². The molecule has 0 aliphatic carbocycles. The Morgan fingerprint density at radius 1 is 0.373 bits per heavy atom. The lowest BCUT2D eigenvalue weighted by atomic mass is 10.0. The van der Waals surface area contributed by atoms with E-state index < -0.39 is 0 Å². The molecule has 0 spiro atoms. The average Bonchev–Trinajstić information content (AvgIpc) is 3.88. The van der Waals surface area contributed by atoms with Gasteiger partial charge in [0.1, 0.15) is 11.2 Å². The van der Waals surface area contributed by atoms with Gasteiger partial charge in [-0.05, 0) is 48.0 Å². The number of furan rings is 1. The van der Waals surface area contributed by atoms with E-state index in [-0.39, 0.29) is 0 Å². The van der Waals surface area contributed by atoms with Gasteiger partial charge in [-0.3, -0.25) is 0 Å². The number of benzene rings is 7. The van der Waals surface area contributed by atoms with Crippen LogP contribution in [0, 0.1) is 0 Å². The van der Waals surface area contributed by atoms with E-state index in [1.807, 2.05) is 30.3 Å². The van der Waals surface area contributed by atoms with Crippen LogP contribution < -0.4 is 0 Å². The lowest BCUT2D eigenvalue weighted by Gasteiger charge is -2.09. The molecular formula is C45H25N3OS2. The summed E-state index contributed by atoms with van der Waals surface area (Å²) >= 11 is 3.59. The molecule has 0 aliphatic heterocycles. The van der Waals surface area contributed by atoms with Gasteiger partial charge in [-0.2, -0.15) is 0 Å². The zero-order valence-corrected chi connectivity index (χ0v) is 28.6. The molecule has 51 heavy (non-hydrogen) atoms. The topological polar surface area (TPSA) is 51.8 Å². The molecule has 0 amide bonds. The van der Waals surface area contributed by atoms with Crippen molar-refractivity contribution in [3.63, 3.8) is 0 Å². The molecule has 0 N–H and O–H groups in total. The third-order valence-electron chi connectivity index (χ3n) is 9.76. The molecule has 238 valence electrons. The zero-order valence-electron chi connectivity index (χ0n) is 27.0. The molecule has 0 bridgehead atoms. The largest absolute Gasteiger partial charge is 0.455 e. The van der Waals surface area contributed by atoms with Crippen LogP contribution in [0.25, 0.3) is 108 Å². The number of aromatic nitrogens is 3. The maximum Gasteiger partial charge on any atom is 0.165 e. The van der Waals surface area contributed by atoms with Gasteiger partial charge < -0.3 is 4.42 Å². The zero-order chi connectivity index (χ0) is 33.5. The second-order valence-electron chi connectivity index (χ2n) is 12.8. The molecule has 0 atom stereocenters. The summed E-state index contributed by atoms with van der Waals surface area (Å²) in [4.78, 5) is 15.3. The van der Waals surface area contributed by atoms with Crippen molar-refractivity contribution in [2.45, 2.75) is 0 Å². The molecule has 11 rings (SSSR count). The molecule has 7 aromatic carbocycles. The Kier molecular flexibility index (Phi) is 6.26. The van der Waals surface area contributed by atoms with E-state index in [9.17, 15) is 0 Å². The Morgan fingerprint density at radius 2 is 1.04 bits per heavy atom. The van der Waals surface area contributed by atoms with Crippen molar-refractivity contribution in [3.8, 4) is 45.3 Å². The van der Waals surface area contributed by atoms with Gasteiger partial charge in [0.2, 0.25) is 0 Å². The normalized spacial score (nSPS) is 11.9. The van der Waals surface area contributed by atoms with Crippen LogP contribution >= 0.6 is 22.7 Å². The second-order valence-corrected chi connectivity index (χ2v) is 14.9. The predicted molar refractivity (Wildman–Crippen MR) is 215 cm³/mol. The molecule has 0 unspecified atom stereocenters. The van der Waals surface area contributed by atoms with E-state index in [2.05, 4.69) is 121 Å². The van der Waals surface area contributed by atoms with Crippen LogP contribution in [0.15, 0.2) is 156 Å². The van der Waals surface area contributed by atoms with Gasteiger partial charge >= 0.3 is 0 Å². The quantitative estimate of drug-likeness (QED) is 0.185. The summed E-state index contributed by atoms with van der Waals surface area (Å²) in [6.45, 7) is 0. The lowest BCUT2D eigenvalue weighted by Crippen LogP contribution is -2.00. The summed E-state index contributed by atoms with van der Waals surface area (Å²) in [5.41, 5.74) is 7.01. The van der Waals surface area contributed by atoms with Crippen LogP contribution in [0.2, 0.25) is 0 Å². The van der Waals surface area contributed by atoms with E-state index in [0.717, 1.165) is 49.8 Å². The maximum absolute atomic E-state index is 6.38. The highest BCUT2D eigenvalue weighted by Gasteiger charge is 2.18. The van der Waals surface area contributed by atoms with Gasteiger partial charge in [-0.1, -0.05) is 109 Å². The summed E-state index contributed by atoms with van der Waals surface area (Å²) in [6, 6.07) is 53.2. The fraction of sp³-hybridized carbons (Fsp3) is 0. The molecule has 0 aliphatic rings. The van der Waals surface area contributed by atoms with E-state index in [1.165, 1.54) is 40.3 Å². The van der Waals surface area contributed by atoms with Gasteiger partial charge in [0.15, 0.2) is 17.5 Å². The third-order valence-corrected chi connectivity index (χ3v) is 12.1. The van der Waals surface area contributed by atoms with E-state index in [4.69, 9.17) is 19.4 Å². The van der Waals surface area contributed by atoms with Crippen LogP contribution in [0.3, 0.4) is 0 Å². The highest BCUT2D eigenvalue weighted by atomic mass is 32.1. The molecule has 0 radical (unpaired) electrons. The van der Waals surface area contributed by atoms with Gasteiger partial charge in [0.25, 0.3) is 0 Å². The van der Waals surface area contributed by atoms with Gasteiger partial charge in [0.05, 0.1) is 0 Å². The molecule has 0 fully saturated rings. The summed E-state index contributed by atoms with van der Waals surface area (Å²) in [5.74, 6) is 2.00. The van der Waals surface area contributed by atoms with Crippen molar-refractivity contribution in [1.82, 2.24) is 15.0 Å². The summed E-state index contributed by atoms with van der Waals surface area (Å²) in [7, 11) is 0. The number of nitrogens with zero attached hydrogens (tertiary/aromatic N) is 3. The molecule has 6 heteroatoms. The summed E-state index contributed by atoms with van der Waals surface area (Å²) in [6.07, 6.45) is 0. The first-order valence-electron chi connectivity index (χ1n) is 16.8. The summed E-state index contributed by atoms with van der Waals surface area (Å²) in [5, 5.41) is 7.16. The molecule has 11 aromatic rings. The predicted octanol–water partition coefficient (Wildman–Crippen LogP) is 13.2. The Labute approximate surface area is 299 Å². The second kappa shape index (κ2) is 11.2. The van der Waals surface area contributed by atoms with Gasteiger partial charge in [-0.25, -0.2) is 15.0 Å². The first kappa shape index (κ1) is 28.6. The van der Waals surface area contributed by atoms with Gasteiger partial charge in [-0.15, -0.1) is 22.7 Å².